The van der Waals surface area contributed by atoms with Gasteiger partial charge in [-0.05, 0) is 103 Å². The summed E-state index contributed by atoms with van der Waals surface area (Å²) in [6.45, 7) is 5.33. The van der Waals surface area contributed by atoms with Gasteiger partial charge >= 0.3 is 13.8 Å². The molecule has 0 saturated heterocycles. The van der Waals surface area contributed by atoms with Crippen molar-refractivity contribution in [3.05, 3.63) is 109 Å². The summed E-state index contributed by atoms with van der Waals surface area (Å²) in [6, 6.07) is 0. The van der Waals surface area contributed by atoms with Crippen LogP contribution in [0.15, 0.2) is 109 Å². The van der Waals surface area contributed by atoms with E-state index in [0.717, 1.165) is 96.3 Å². The second-order valence-corrected chi connectivity index (χ2v) is 18.6. The van der Waals surface area contributed by atoms with Gasteiger partial charge in [-0.15, -0.1) is 0 Å². The highest BCUT2D eigenvalue weighted by atomic mass is 31.2. The Bertz CT molecular complexity index is 1370. The van der Waals surface area contributed by atoms with E-state index in [0.29, 0.717) is 24.1 Å². The van der Waals surface area contributed by atoms with Crippen molar-refractivity contribution >= 4 is 13.8 Å². The molecule has 8 nitrogen and oxygen atoms in total. The molecule has 0 bridgehead atoms. The maximum atomic E-state index is 12.7. The lowest BCUT2D eigenvalue weighted by molar-refractivity contribution is -0.870. The first-order valence-electron chi connectivity index (χ1n) is 24.6. The number of hydrogen-bond donors (Lipinski definition) is 1. The van der Waals surface area contributed by atoms with Crippen molar-refractivity contribution in [2.45, 2.75) is 174 Å². The minimum absolute atomic E-state index is 0.0717. The molecule has 1 N–H and O–H groups in total. The lowest BCUT2D eigenvalue weighted by Gasteiger charge is -2.24. The molecule has 360 valence electrons. The molecule has 0 aromatic heterocycles. The van der Waals surface area contributed by atoms with Crippen molar-refractivity contribution in [2.24, 2.45) is 0 Å². The fourth-order valence-corrected chi connectivity index (χ4v) is 6.77. The number of phosphoric ester groups is 1. The average molecular weight is 899 g/mol. The third-order valence-corrected chi connectivity index (χ3v) is 10.8. The van der Waals surface area contributed by atoms with E-state index in [1.807, 2.05) is 21.1 Å². The number of ether oxygens (including phenoxy) is 2. The largest absolute Gasteiger partial charge is 0.472 e. The first kappa shape index (κ1) is 60.2. The second-order valence-electron chi connectivity index (χ2n) is 17.1. The highest BCUT2D eigenvalue weighted by molar-refractivity contribution is 7.47. The van der Waals surface area contributed by atoms with Crippen LogP contribution in [-0.2, 0) is 27.9 Å². The van der Waals surface area contributed by atoms with Crippen molar-refractivity contribution in [3.8, 4) is 0 Å². The molecule has 0 fully saturated rings. The molecule has 0 aliphatic carbocycles. The predicted molar refractivity (Wildman–Crippen MR) is 270 cm³/mol. The van der Waals surface area contributed by atoms with E-state index in [4.69, 9.17) is 18.5 Å². The maximum Gasteiger partial charge on any atom is 0.472 e. The summed E-state index contributed by atoms with van der Waals surface area (Å²) in [5.41, 5.74) is 0. The number of allylic oxidation sites excluding steroid dienone is 18. The Balaban J connectivity index is 4.31. The SMILES string of the molecule is CC/C=C\C/C=C\C/C=C\C/C=C\C/C=C\C/C=C\C/C=C\CCCCOCC(COP(=O)(O)OCC[N+](C)(C)C)OC(=O)CCCCCCCCC/C=C\C/C=C\CCCCC. The molecule has 0 aromatic carbocycles. The number of unbranched alkanes of at least 4 members (excludes halogenated alkanes) is 12. The molecule has 0 aliphatic rings. The van der Waals surface area contributed by atoms with Gasteiger partial charge in [0.05, 0.1) is 34.4 Å². The molecule has 2 atom stereocenters. The molecule has 0 spiro atoms. The predicted octanol–water partition coefficient (Wildman–Crippen LogP) is 15.2. The molecule has 9 heteroatoms. The van der Waals surface area contributed by atoms with Crippen LogP contribution in [0.4, 0.5) is 0 Å². The van der Waals surface area contributed by atoms with Gasteiger partial charge in [-0.3, -0.25) is 13.8 Å². The number of rotatable bonds is 44. The van der Waals surface area contributed by atoms with Gasteiger partial charge < -0.3 is 18.9 Å². The molecular formula is C54H93NO7P+. The molecule has 2 unspecified atom stereocenters. The fourth-order valence-electron chi connectivity index (χ4n) is 6.03. The highest BCUT2D eigenvalue weighted by Crippen LogP contribution is 2.43. The van der Waals surface area contributed by atoms with Crippen LogP contribution in [0, 0.1) is 0 Å². The molecule has 0 saturated carbocycles. The van der Waals surface area contributed by atoms with Gasteiger partial charge in [0, 0.05) is 13.0 Å². The Morgan fingerprint density at radius 3 is 1.38 bits per heavy atom. The summed E-state index contributed by atoms with van der Waals surface area (Å²) >= 11 is 0. The number of likely N-dealkylation sites (N-methyl/N-ethyl adjacent to an activating group) is 1. The molecule has 0 radical (unpaired) electrons. The molecule has 0 amide bonds. The van der Waals surface area contributed by atoms with Crippen molar-refractivity contribution < 1.29 is 37.3 Å². The summed E-state index contributed by atoms with van der Waals surface area (Å²) in [4.78, 5) is 23.0. The van der Waals surface area contributed by atoms with E-state index < -0.39 is 13.9 Å². The van der Waals surface area contributed by atoms with Crippen LogP contribution < -0.4 is 0 Å². The Kier molecular flexibility index (Phi) is 43.7. The summed E-state index contributed by atoms with van der Waals surface area (Å²) in [6.07, 6.45) is 64.2. The average Bonchev–Trinajstić information content (AvgIpc) is 3.24. The third-order valence-electron chi connectivity index (χ3n) is 9.82. The lowest BCUT2D eigenvalue weighted by Crippen LogP contribution is -2.37. The van der Waals surface area contributed by atoms with E-state index in [-0.39, 0.29) is 25.8 Å². The topological polar surface area (TPSA) is 91.3 Å². The van der Waals surface area contributed by atoms with Crippen LogP contribution in [0.25, 0.3) is 0 Å². The molecule has 0 aliphatic heterocycles. The normalized spacial score (nSPS) is 14.6. The second kappa shape index (κ2) is 45.7. The van der Waals surface area contributed by atoms with Crippen molar-refractivity contribution in [3.63, 3.8) is 0 Å². The Morgan fingerprint density at radius 2 is 0.921 bits per heavy atom. The Hall–Kier alpha value is -2.84. The molecule has 63 heavy (non-hydrogen) atoms. The van der Waals surface area contributed by atoms with Gasteiger partial charge in [0.2, 0.25) is 0 Å². The number of carbonyl (C=O) groups excluding carboxylic acids is 1. The number of nitrogens with zero attached hydrogens (tertiary/aromatic N) is 1. The molecular weight excluding hydrogens is 806 g/mol. The third kappa shape index (κ3) is 50.0. The van der Waals surface area contributed by atoms with Gasteiger partial charge in [-0.25, -0.2) is 4.57 Å². The summed E-state index contributed by atoms with van der Waals surface area (Å²) in [7, 11) is 1.61. The van der Waals surface area contributed by atoms with Crippen LogP contribution in [0.2, 0.25) is 0 Å². The number of quaternary nitrogens is 1. The van der Waals surface area contributed by atoms with Crippen LogP contribution in [0.1, 0.15) is 168 Å². The number of hydrogen-bond acceptors (Lipinski definition) is 6. The van der Waals surface area contributed by atoms with Crippen LogP contribution in [-0.4, -0.2) is 75.6 Å². The Labute approximate surface area is 387 Å². The van der Waals surface area contributed by atoms with Crippen LogP contribution in [0.3, 0.4) is 0 Å². The molecule has 0 heterocycles. The number of esters is 1. The smallest absolute Gasteiger partial charge is 0.457 e. The van der Waals surface area contributed by atoms with Crippen molar-refractivity contribution in [1.82, 2.24) is 0 Å². The van der Waals surface area contributed by atoms with E-state index >= 15 is 0 Å². The zero-order valence-electron chi connectivity index (χ0n) is 40.8. The number of phosphoric acid groups is 1. The zero-order chi connectivity index (χ0) is 46.2. The first-order valence-corrected chi connectivity index (χ1v) is 26.1. The van der Waals surface area contributed by atoms with E-state index in [1.54, 1.807) is 0 Å². The summed E-state index contributed by atoms with van der Waals surface area (Å²) in [5.74, 6) is -0.342. The van der Waals surface area contributed by atoms with Gasteiger partial charge in [-0.1, -0.05) is 168 Å². The summed E-state index contributed by atoms with van der Waals surface area (Å²) < 4.78 is 35.0. The molecule has 0 aromatic rings. The fraction of sp³-hybridized carbons (Fsp3) is 0.648. The monoisotopic (exact) mass is 899 g/mol. The van der Waals surface area contributed by atoms with E-state index in [1.165, 1.54) is 51.4 Å². The van der Waals surface area contributed by atoms with Gasteiger partial charge in [0.1, 0.15) is 19.3 Å². The standard InChI is InChI=1S/C54H92NO7P/c1-6-8-10-12-14-16-18-20-22-24-25-26-27-28-29-30-32-34-36-38-40-42-44-46-49-59-51-53(52-61-63(57,58)60-50-48-55(3,4)5)62-54(56)47-45-43-41-39-37-35-33-31-23-21-19-17-15-13-11-9-7-2/h8,10,14-17,20-23,25-26,28-29,32,34,38,40,53H,6-7,9,11-13,18-19,24,27,30-31,33,35-37,39,41-52H2,1-5H3/p+1/b10-8-,16-14-,17-15-,22-20-,23-21-,26-25-,29-28-,34-32-,40-38-. The molecule has 0 rings (SSSR count). The zero-order valence-corrected chi connectivity index (χ0v) is 41.7. The van der Waals surface area contributed by atoms with Gasteiger partial charge in [0.25, 0.3) is 0 Å². The minimum Gasteiger partial charge on any atom is -0.457 e. The Morgan fingerprint density at radius 1 is 0.508 bits per heavy atom. The van der Waals surface area contributed by atoms with Crippen LogP contribution >= 0.6 is 7.82 Å². The quantitative estimate of drug-likeness (QED) is 0.0214. The van der Waals surface area contributed by atoms with Gasteiger partial charge in [-0.2, -0.15) is 0 Å². The van der Waals surface area contributed by atoms with E-state index in [9.17, 15) is 14.3 Å². The highest BCUT2D eigenvalue weighted by Gasteiger charge is 2.26. The number of carbonyl (C=O) groups is 1. The first-order chi connectivity index (χ1) is 30.6. The van der Waals surface area contributed by atoms with E-state index in [2.05, 4.69) is 123 Å². The maximum absolute atomic E-state index is 12.7. The lowest BCUT2D eigenvalue weighted by atomic mass is 10.1. The minimum atomic E-state index is -4.30. The van der Waals surface area contributed by atoms with Crippen LogP contribution in [0.5, 0.6) is 0 Å². The van der Waals surface area contributed by atoms with Crippen molar-refractivity contribution in [2.75, 3.05) is 54.1 Å². The van der Waals surface area contributed by atoms with Gasteiger partial charge in [0.15, 0.2) is 0 Å². The summed E-state index contributed by atoms with van der Waals surface area (Å²) in [5, 5.41) is 0. The van der Waals surface area contributed by atoms with Crippen molar-refractivity contribution in [1.29, 1.82) is 0 Å².